The number of piperazine rings is 1. The summed E-state index contributed by atoms with van der Waals surface area (Å²) in [7, 11) is 0. The predicted octanol–water partition coefficient (Wildman–Crippen LogP) is 2.20. The second-order valence-corrected chi connectivity index (χ2v) is 7.12. The molecule has 1 aromatic carbocycles. The van der Waals surface area contributed by atoms with Crippen LogP contribution in [0.3, 0.4) is 0 Å². The van der Waals surface area contributed by atoms with Gasteiger partial charge in [-0.3, -0.25) is 19.4 Å². The molecule has 1 aliphatic rings. The van der Waals surface area contributed by atoms with Gasteiger partial charge in [0.25, 0.3) is 0 Å². The number of amides is 2. The fraction of sp³-hybridized carbons (Fsp3) is 0.579. The van der Waals surface area contributed by atoms with Gasteiger partial charge >= 0.3 is 0 Å². The first kappa shape index (κ1) is 20.7. The lowest BCUT2D eigenvalue weighted by molar-refractivity contribution is -0.124. The van der Waals surface area contributed by atoms with Crippen LogP contribution in [0.25, 0.3) is 0 Å². The summed E-state index contributed by atoms with van der Waals surface area (Å²) >= 11 is 5.86. The third-order valence-electron chi connectivity index (χ3n) is 4.67. The van der Waals surface area contributed by atoms with E-state index in [9.17, 15) is 9.59 Å². The van der Waals surface area contributed by atoms with Crippen LogP contribution in [0.4, 0.5) is 5.69 Å². The number of nitrogens with zero attached hydrogens (tertiary/aromatic N) is 2. The first-order valence-corrected chi connectivity index (χ1v) is 9.67. The summed E-state index contributed by atoms with van der Waals surface area (Å²) in [5.41, 5.74) is 0.744. The number of hydrogen-bond donors (Lipinski definition) is 2. The van der Waals surface area contributed by atoms with Crippen LogP contribution >= 0.6 is 11.6 Å². The van der Waals surface area contributed by atoms with Crippen molar-refractivity contribution in [3.05, 3.63) is 29.3 Å². The van der Waals surface area contributed by atoms with Gasteiger partial charge in [0.1, 0.15) is 0 Å². The van der Waals surface area contributed by atoms with Crippen molar-refractivity contribution in [2.24, 2.45) is 0 Å². The Hall–Kier alpha value is -1.63. The molecule has 2 rings (SSSR count). The lowest BCUT2D eigenvalue weighted by Gasteiger charge is -2.37. The number of hydrogen-bond acceptors (Lipinski definition) is 4. The Morgan fingerprint density at radius 3 is 2.42 bits per heavy atom. The average Bonchev–Trinajstić information content (AvgIpc) is 2.64. The largest absolute Gasteiger partial charge is 0.355 e. The summed E-state index contributed by atoms with van der Waals surface area (Å²) in [4.78, 5) is 28.6. The molecule has 1 fully saturated rings. The molecule has 0 bridgehead atoms. The molecule has 0 unspecified atom stereocenters. The number of carbonyl (C=O) groups excluding carboxylic acids is 2. The lowest BCUT2D eigenvalue weighted by Crippen LogP contribution is -2.54. The van der Waals surface area contributed by atoms with Gasteiger partial charge in [-0.1, -0.05) is 24.9 Å². The van der Waals surface area contributed by atoms with Crippen molar-refractivity contribution in [2.45, 2.75) is 32.7 Å². The molecule has 1 heterocycles. The van der Waals surface area contributed by atoms with E-state index in [0.29, 0.717) is 11.6 Å². The van der Waals surface area contributed by atoms with Gasteiger partial charge in [0.2, 0.25) is 11.8 Å². The highest BCUT2D eigenvalue weighted by atomic mass is 35.5. The van der Waals surface area contributed by atoms with E-state index >= 15 is 0 Å². The molecule has 1 saturated heterocycles. The second-order valence-electron chi connectivity index (χ2n) is 6.69. The summed E-state index contributed by atoms with van der Waals surface area (Å²) in [5, 5.41) is 6.51. The topological polar surface area (TPSA) is 64.7 Å². The molecule has 0 radical (unpaired) electrons. The highest BCUT2D eigenvalue weighted by molar-refractivity contribution is 6.30. The number of unbranched alkanes of at least 4 members (excludes halogenated alkanes) is 1. The summed E-state index contributed by atoms with van der Waals surface area (Å²) in [6.07, 6.45) is 2.09. The Balaban J connectivity index is 1.73. The first-order chi connectivity index (χ1) is 12.5. The molecule has 7 heteroatoms. The smallest absolute Gasteiger partial charge is 0.241 e. The molecular formula is C19H29ClN4O2. The van der Waals surface area contributed by atoms with E-state index in [1.165, 1.54) is 0 Å². The normalized spacial score (nSPS) is 16.9. The van der Waals surface area contributed by atoms with Gasteiger partial charge in [-0.25, -0.2) is 0 Å². The van der Waals surface area contributed by atoms with Crippen molar-refractivity contribution >= 4 is 29.1 Å². The summed E-state index contributed by atoms with van der Waals surface area (Å²) in [6.45, 7) is 8.34. The van der Waals surface area contributed by atoms with Gasteiger partial charge < -0.3 is 10.6 Å². The zero-order valence-electron chi connectivity index (χ0n) is 15.6. The minimum Gasteiger partial charge on any atom is -0.355 e. The Morgan fingerprint density at radius 1 is 1.15 bits per heavy atom. The number of anilines is 1. The predicted molar refractivity (Wildman–Crippen MR) is 105 cm³/mol. The third kappa shape index (κ3) is 6.59. The summed E-state index contributed by atoms with van der Waals surface area (Å²) < 4.78 is 0. The highest BCUT2D eigenvalue weighted by Gasteiger charge is 2.26. The van der Waals surface area contributed by atoms with E-state index in [4.69, 9.17) is 11.6 Å². The second kappa shape index (κ2) is 10.5. The molecule has 0 spiro atoms. The minimum absolute atomic E-state index is 0.0296. The van der Waals surface area contributed by atoms with E-state index in [-0.39, 0.29) is 17.9 Å². The van der Waals surface area contributed by atoms with Crippen molar-refractivity contribution in [1.82, 2.24) is 15.1 Å². The number of carbonyl (C=O) groups is 2. The lowest BCUT2D eigenvalue weighted by atomic mass is 10.2. The van der Waals surface area contributed by atoms with Crippen molar-refractivity contribution in [1.29, 1.82) is 0 Å². The molecule has 2 amide bonds. The van der Waals surface area contributed by atoms with Crippen LogP contribution in [0.5, 0.6) is 0 Å². The fourth-order valence-electron chi connectivity index (χ4n) is 2.92. The van der Waals surface area contributed by atoms with Gasteiger partial charge in [0.15, 0.2) is 0 Å². The van der Waals surface area contributed by atoms with E-state index in [0.717, 1.165) is 51.3 Å². The fourth-order valence-corrected chi connectivity index (χ4v) is 3.04. The molecule has 1 aromatic rings. The molecule has 0 aromatic heterocycles. The van der Waals surface area contributed by atoms with E-state index in [1.54, 1.807) is 24.3 Å². The van der Waals surface area contributed by atoms with Crippen molar-refractivity contribution in [2.75, 3.05) is 44.6 Å². The first-order valence-electron chi connectivity index (χ1n) is 9.29. The summed E-state index contributed by atoms with van der Waals surface area (Å²) in [6, 6.07) is 6.88. The maximum absolute atomic E-state index is 12.4. The molecule has 1 atom stereocenters. The Morgan fingerprint density at radius 2 is 1.81 bits per heavy atom. The molecular weight excluding hydrogens is 352 g/mol. The summed E-state index contributed by atoms with van der Waals surface area (Å²) in [5.74, 6) is 0.0542. The van der Waals surface area contributed by atoms with Gasteiger partial charge in [0.05, 0.1) is 12.6 Å². The molecule has 2 N–H and O–H groups in total. The number of rotatable bonds is 8. The van der Waals surface area contributed by atoms with E-state index < -0.39 is 0 Å². The van der Waals surface area contributed by atoms with Gasteiger partial charge in [-0.15, -0.1) is 0 Å². The molecule has 0 saturated carbocycles. The van der Waals surface area contributed by atoms with Crippen LogP contribution in [0, 0.1) is 0 Å². The van der Waals surface area contributed by atoms with Gasteiger partial charge in [0, 0.05) is 43.4 Å². The Labute approximate surface area is 160 Å². The van der Waals surface area contributed by atoms with Crippen LogP contribution in [0.1, 0.15) is 26.7 Å². The zero-order chi connectivity index (χ0) is 18.9. The maximum Gasteiger partial charge on any atom is 0.241 e. The van der Waals surface area contributed by atoms with Crippen LogP contribution in [0.2, 0.25) is 5.02 Å². The molecule has 26 heavy (non-hydrogen) atoms. The molecule has 0 aliphatic carbocycles. The van der Waals surface area contributed by atoms with Crippen LogP contribution < -0.4 is 10.6 Å². The van der Waals surface area contributed by atoms with Crippen molar-refractivity contribution < 1.29 is 9.59 Å². The van der Waals surface area contributed by atoms with Crippen LogP contribution in [-0.2, 0) is 9.59 Å². The molecule has 6 nitrogen and oxygen atoms in total. The van der Waals surface area contributed by atoms with Crippen molar-refractivity contribution in [3.8, 4) is 0 Å². The van der Waals surface area contributed by atoms with E-state index in [2.05, 4.69) is 27.4 Å². The SMILES string of the molecule is CCCCNC(=O)CN1CCN([C@@H](C)C(=O)Nc2ccc(Cl)cc2)CC1. The van der Waals surface area contributed by atoms with Gasteiger partial charge in [-0.05, 0) is 37.6 Å². The maximum atomic E-state index is 12.4. The number of benzene rings is 1. The monoisotopic (exact) mass is 380 g/mol. The number of halogens is 1. The Bertz CT molecular complexity index is 586. The van der Waals surface area contributed by atoms with E-state index in [1.807, 2.05) is 6.92 Å². The highest BCUT2D eigenvalue weighted by Crippen LogP contribution is 2.15. The average molecular weight is 381 g/mol. The van der Waals surface area contributed by atoms with Crippen LogP contribution in [0.15, 0.2) is 24.3 Å². The van der Waals surface area contributed by atoms with Gasteiger partial charge in [-0.2, -0.15) is 0 Å². The third-order valence-corrected chi connectivity index (χ3v) is 4.92. The van der Waals surface area contributed by atoms with Crippen molar-refractivity contribution in [3.63, 3.8) is 0 Å². The Kier molecular flexibility index (Phi) is 8.35. The standard InChI is InChI=1S/C19H29ClN4O2/c1-3-4-9-21-18(25)14-23-10-12-24(13-11-23)15(2)19(26)22-17-7-5-16(20)6-8-17/h5-8,15H,3-4,9-14H2,1-2H3,(H,21,25)(H,22,26)/t15-/m0/s1. The quantitative estimate of drug-likeness (QED) is 0.678. The molecule has 1 aliphatic heterocycles. The van der Waals surface area contributed by atoms with Crippen LogP contribution in [-0.4, -0.2) is 66.9 Å². The zero-order valence-corrected chi connectivity index (χ0v) is 16.4. The number of nitrogens with one attached hydrogen (secondary N) is 2. The minimum atomic E-state index is -0.216. The molecule has 144 valence electrons.